The second-order valence-corrected chi connectivity index (χ2v) is 7.53. The maximum absolute atomic E-state index is 12.1. The summed E-state index contributed by atoms with van der Waals surface area (Å²) in [5, 5.41) is 9.19. The molecule has 2 aromatic heterocycles. The molecule has 0 saturated carbocycles. The fourth-order valence-electron chi connectivity index (χ4n) is 1.95. The van der Waals surface area contributed by atoms with Crippen molar-refractivity contribution in [3.05, 3.63) is 75.1 Å². The molecule has 0 atom stereocenters. The minimum Gasteiger partial charge on any atom is -0.321 e. The largest absolute Gasteiger partial charge is 0.321 e. The van der Waals surface area contributed by atoms with Crippen molar-refractivity contribution < 1.29 is 4.79 Å². The van der Waals surface area contributed by atoms with Crippen molar-refractivity contribution in [2.24, 2.45) is 0 Å². The molecule has 116 valence electrons. The van der Waals surface area contributed by atoms with Gasteiger partial charge in [-0.1, -0.05) is 18.2 Å². The summed E-state index contributed by atoms with van der Waals surface area (Å²) in [6.07, 6.45) is 3.41. The number of carbonyl (C=O) groups excluding carboxylic acids is 1. The van der Waals surface area contributed by atoms with E-state index in [2.05, 4.69) is 22.1 Å². The van der Waals surface area contributed by atoms with E-state index >= 15 is 0 Å². The number of rotatable bonds is 6. The number of hydrogen-bond donors (Lipinski definition) is 1. The van der Waals surface area contributed by atoms with E-state index in [0.717, 1.165) is 21.2 Å². The summed E-state index contributed by atoms with van der Waals surface area (Å²) in [4.78, 5) is 14.2. The summed E-state index contributed by atoms with van der Waals surface area (Å²) in [5.74, 6) is 0.795. The average molecular weight is 358 g/mol. The number of hydrogen-bond acceptors (Lipinski definition) is 4. The number of thioether (sulfide) groups is 1. The molecule has 5 heteroatoms. The molecule has 1 amide bonds. The summed E-state index contributed by atoms with van der Waals surface area (Å²) in [6, 6.07) is 14.0. The molecule has 2 heterocycles. The van der Waals surface area contributed by atoms with Gasteiger partial charge in [0.25, 0.3) is 0 Å². The molecule has 0 saturated heterocycles. The van der Waals surface area contributed by atoms with E-state index in [4.69, 9.17) is 0 Å². The number of amides is 1. The van der Waals surface area contributed by atoms with E-state index in [1.165, 1.54) is 5.56 Å². The first-order valence-corrected chi connectivity index (χ1v) is 9.87. The lowest BCUT2D eigenvalue weighted by atomic mass is 10.3. The first-order valence-electron chi connectivity index (χ1n) is 7.07. The number of benzene rings is 1. The van der Waals surface area contributed by atoms with Crippen LogP contribution >= 0.6 is 34.4 Å². The third-order valence-electron chi connectivity index (χ3n) is 3.06. The Balaban J connectivity index is 1.64. The van der Waals surface area contributed by atoms with Crippen LogP contribution in [0, 0.1) is 0 Å². The van der Waals surface area contributed by atoms with Crippen LogP contribution in [0.15, 0.2) is 69.6 Å². The van der Waals surface area contributed by atoms with Gasteiger partial charge in [-0.05, 0) is 52.0 Å². The van der Waals surface area contributed by atoms with Gasteiger partial charge in [-0.2, -0.15) is 11.3 Å². The average Bonchev–Trinajstić information content (AvgIpc) is 3.26. The summed E-state index contributed by atoms with van der Waals surface area (Å²) in [6.45, 7) is 0. The Morgan fingerprint density at radius 2 is 2.04 bits per heavy atom. The smallest absolute Gasteiger partial charge is 0.248 e. The highest BCUT2D eigenvalue weighted by Crippen LogP contribution is 2.30. The van der Waals surface area contributed by atoms with Crippen LogP contribution in [-0.4, -0.2) is 5.91 Å². The molecule has 0 spiro atoms. The maximum atomic E-state index is 12.1. The van der Waals surface area contributed by atoms with Crippen molar-refractivity contribution in [2.75, 3.05) is 5.32 Å². The van der Waals surface area contributed by atoms with Crippen LogP contribution in [0.3, 0.4) is 0 Å². The van der Waals surface area contributed by atoms with Crippen LogP contribution in [0.4, 0.5) is 5.69 Å². The first-order chi connectivity index (χ1) is 11.3. The molecule has 3 rings (SSSR count). The molecule has 0 unspecified atom stereocenters. The quantitative estimate of drug-likeness (QED) is 0.449. The predicted octanol–water partition coefficient (Wildman–Crippen LogP) is 5.75. The Labute approximate surface area is 147 Å². The monoisotopic (exact) mass is 357 g/mol. The van der Waals surface area contributed by atoms with Crippen molar-refractivity contribution in [2.45, 2.75) is 10.6 Å². The molecule has 1 aromatic carbocycles. The molecule has 0 aliphatic carbocycles. The Bertz CT molecular complexity index is 776. The summed E-state index contributed by atoms with van der Waals surface area (Å²) in [5.41, 5.74) is 2.16. The van der Waals surface area contributed by atoms with Crippen LogP contribution in [0.1, 0.15) is 10.4 Å². The van der Waals surface area contributed by atoms with Crippen LogP contribution < -0.4 is 5.32 Å². The van der Waals surface area contributed by atoms with Crippen LogP contribution in [0.2, 0.25) is 0 Å². The van der Waals surface area contributed by atoms with Crippen molar-refractivity contribution >= 4 is 52.1 Å². The first kappa shape index (κ1) is 16.1. The summed E-state index contributed by atoms with van der Waals surface area (Å²) >= 11 is 5.05. The van der Waals surface area contributed by atoms with Crippen LogP contribution in [0.5, 0.6) is 0 Å². The zero-order valence-corrected chi connectivity index (χ0v) is 14.7. The second-order valence-electron chi connectivity index (χ2n) is 4.75. The molecule has 3 aromatic rings. The van der Waals surface area contributed by atoms with E-state index in [0.29, 0.717) is 0 Å². The molecule has 0 aliphatic rings. The number of anilines is 1. The molecule has 0 bridgehead atoms. The SMILES string of the molecule is O=C(C=Cc1cccs1)Nc1ccccc1SCc1ccsc1. The molecule has 0 fully saturated rings. The topological polar surface area (TPSA) is 29.1 Å². The van der Waals surface area contributed by atoms with Crippen molar-refractivity contribution in [1.29, 1.82) is 0 Å². The lowest BCUT2D eigenvalue weighted by Crippen LogP contribution is -2.08. The lowest BCUT2D eigenvalue weighted by molar-refractivity contribution is -0.111. The standard InChI is InChI=1S/C18H15NOS3/c20-18(8-7-15-4-3-10-22-15)19-16-5-1-2-6-17(16)23-13-14-9-11-21-12-14/h1-12H,13H2,(H,19,20). The Kier molecular flexibility index (Phi) is 5.69. The fraction of sp³-hybridized carbons (Fsp3) is 0.0556. The number of thiophene rings is 2. The normalized spacial score (nSPS) is 11.0. The van der Waals surface area contributed by atoms with Gasteiger partial charge in [-0.3, -0.25) is 4.79 Å². The lowest BCUT2D eigenvalue weighted by Gasteiger charge is -2.09. The highest BCUT2D eigenvalue weighted by molar-refractivity contribution is 7.98. The number of para-hydroxylation sites is 1. The fourth-order valence-corrected chi connectivity index (χ4v) is 4.29. The minimum absolute atomic E-state index is 0.109. The molecular formula is C18H15NOS3. The van der Waals surface area contributed by atoms with E-state index in [1.807, 2.05) is 47.9 Å². The van der Waals surface area contributed by atoms with Gasteiger partial charge in [0, 0.05) is 21.6 Å². The second kappa shape index (κ2) is 8.15. The number of carbonyl (C=O) groups is 1. The van der Waals surface area contributed by atoms with Gasteiger partial charge in [-0.25, -0.2) is 0 Å². The summed E-state index contributed by atoms with van der Waals surface area (Å²) < 4.78 is 0. The molecule has 0 aliphatic heterocycles. The highest BCUT2D eigenvalue weighted by Gasteiger charge is 2.05. The van der Waals surface area contributed by atoms with E-state index in [-0.39, 0.29) is 5.91 Å². The maximum Gasteiger partial charge on any atom is 0.248 e. The van der Waals surface area contributed by atoms with Gasteiger partial charge in [0.05, 0.1) is 5.69 Å². The Morgan fingerprint density at radius 1 is 1.13 bits per heavy atom. The molecule has 2 nitrogen and oxygen atoms in total. The van der Waals surface area contributed by atoms with Crippen molar-refractivity contribution in [3.63, 3.8) is 0 Å². The summed E-state index contributed by atoms with van der Waals surface area (Å²) in [7, 11) is 0. The highest BCUT2D eigenvalue weighted by atomic mass is 32.2. The van der Waals surface area contributed by atoms with Crippen LogP contribution in [-0.2, 0) is 10.5 Å². The van der Waals surface area contributed by atoms with Gasteiger partial charge in [0.15, 0.2) is 0 Å². The molecule has 23 heavy (non-hydrogen) atoms. The zero-order chi connectivity index (χ0) is 15.9. The minimum atomic E-state index is -0.109. The Morgan fingerprint density at radius 3 is 2.83 bits per heavy atom. The van der Waals surface area contributed by atoms with Gasteiger partial charge in [0.2, 0.25) is 5.91 Å². The zero-order valence-electron chi connectivity index (χ0n) is 12.3. The van der Waals surface area contributed by atoms with E-state index in [9.17, 15) is 4.79 Å². The van der Waals surface area contributed by atoms with Gasteiger partial charge < -0.3 is 5.32 Å². The van der Waals surface area contributed by atoms with Crippen molar-refractivity contribution in [3.8, 4) is 0 Å². The Hall–Kier alpha value is -1.82. The van der Waals surface area contributed by atoms with E-state index < -0.39 is 0 Å². The van der Waals surface area contributed by atoms with Gasteiger partial charge in [0.1, 0.15) is 0 Å². The third-order valence-corrected chi connectivity index (χ3v) is 5.78. The molecule has 0 radical (unpaired) electrons. The molecular weight excluding hydrogens is 342 g/mol. The van der Waals surface area contributed by atoms with E-state index in [1.54, 1.807) is 40.5 Å². The van der Waals surface area contributed by atoms with Crippen molar-refractivity contribution in [1.82, 2.24) is 0 Å². The van der Waals surface area contributed by atoms with Gasteiger partial charge in [-0.15, -0.1) is 23.1 Å². The van der Waals surface area contributed by atoms with Gasteiger partial charge >= 0.3 is 0 Å². The number of nitrogens with one attached hydrogen (secondary N) is 1. The third kappa shape index (κ3) is 4.82. The molecule has 1 N–H and O–H groups in total. The predicted molar refractivity (Wildman–Crippen MR) is 102 cm³/mol. The van der Waals surface area contributed by atoms with Crippen LogP contribution in [0.25, 0.3) is 6.08 Å².